The van der Waals surface area contributed by atoms with Crippen LogP contribution in [0.2, 0.25) is 0 Å². The van der Waals surface area contributed by atoms with E-state index in [1.54, 1.807) is 25.3 Å². The molecular weight excluding hydrogens is 250 g/mol. The van der Waals surface area contributed by atoms with Gasteiger partial charge in [-0.05, 0) is 17.7 Å². The van der Waals surface area contributed by atoms with Crippen molar-refractivity contribution in [2.45, 2.75) is 12.3 Å². The van der Waals surface area contributed by atoms with E-state index in [4.69, 9.17) is 4.74 Å². The quantitative estimate of drug-likeness (QED) is 0.776. The van der Waals surface area contributed by atoms with Gasteiger partial charge in [-0.15, -0.1) is 0 Å². The fourth-order valence-corrected chi connectivity index (χ4v) is 2.02. The molecule has 0 aliphatic heterocycles. The first-order valence-corrected chi connectivity index (χ1v) is 6.36. The van der Waals surface area contributed by atoms with Crippen molar-refractivity contribution in [1.29, 1.82) is 5.26 Å². The summed E-state index contributed by atoms with van der Waals surface area (Å²) in [4.78, 5) is 12.2. The van der Waals surface area contributed by atoms with Crippen LogP contribution < -0.4 is 4.74 Å². The van der Waals surface area contributed by atoms with E-state index in [0.717, 1.165) is 5.56 Å². The van der Waals surface area contributed by atoms with Crippen molar-refractivity contribution in [3.05, 3.63) is 65.7 Å². The van der Waals surface area contributed by atoms with Crippen LogP contribution >= 0.6 is 0 Å². The Hall–Kier alpha value is -2.60. The highest BCUT2D eigenvalue weighted by Gasteiger charge is 2.17. The topological polar surface area (TPSA) is 50.1 Å². The number of rotatable bonds is 5. The normalized spacial score (nSPS) is 11.4. The molecule has 20 heavy (non-hydrogen) atoms. The van der Waals surface area contributed by atoms with E-state index in [0.29, 0.717) is 11.3 Å². The van der Waals surface area contributed by atoms with Crippen LogP contribution in [0.25, 0.3) is 0 Å². The lowest BCUT2D eigenvalue weighted by Crippen LogP contribution is -2.06. The third-order valence-corrected chi connectivity index (χ3v) is 3.14. The van der Waals surface area contributed by atoms with E-state index in [1.165, 1.54) is 0 Å². The van der Waals surface area contributed by atoms with Gasteiger partial charge < -0.3 is 4.74 Å². The second-order valence-electron chi connectivity index (χ2n) is 4.45. The zero-order valence-corrected chi connectivity index (χ0v) is 11.2. The molecule has 0 heterocycles. The second kappa shape index (κ2) is 6.53. The highest BCUT2D eigenvalue weighted by Crippen LogP contribution is 2.24. The molecular formula is C17H15NO2. The lowest BCUT2D eigenvalue weighted by atomic mass is 9.92. The zero-order valence-electron chi connectivity index (χ0n) is 11.2. The summed E-state index contributed by atoms with van der Waals surface area (Å²) in [5, 5.41) is 9.30. The van der Waals surface area contributed by atoms with E-state index in [-0.39, 0.29) is 12.2 Å². The first kappa shape index (κ1) is 13.8. The lowest BCUT2D eigenvalue weighted by molar-refractivity contribution is 0.0979. The molecule has 2 aromatic carbocycles. The number of hydrogen-bond acceptors (Lipinski definition) is 3. The number of benzene rings is 2. The molecule has 0 aromatic heterocycles. The minimum Gasteiger partial charge on any atom is -0.497 e. The average molecular weight is 265 g/mol. The van der Waals surface area contributed by atoms with Crippen LogP contribution in [-0.4, -0.2) is 12.9 Å². The largest absolute Gasteiger partial charge is 0.497 e. The van der Waals surface area contributed by atoms with Crippen LogP contribution in [0.5, 0.6) is 5.75 Å². The van der Waals surface area contributed by atoms with Crippen LogP contribution in [0.15, 0.2) is 54.6 Å². The molecule has 0 aliphatic rings. The number of nitriles is 1. The minimum absolute atomic E-state index is 0.0278. The molecule has 1 atom stereocenters. The number of methoxy groups -OCH3 is 1. The van der Waals surface area contributed by atoms with Gasteiger partial charge in [0.1, 0.15) is 5.75 Å². The van der Waals surface area contributed by atoms with E-state index < -0.39 is 5.92 Å². The molecule has 0 saturated carbocycles. The Morgan fingerprint density at radius 2 is 1.95 bits per heavy atom. The van der Waals surface area contributed by atoms with Gasteiger partial charge in [-0.2, -0.15) is 5.26 Å². The van der Waals surface area contributed by atoms with E-state index in [2.05, 4.69) is 6.07 Å². The number of nitrogens with zero attached hydrogens (tertiary/aromatic N) is 1. The van der Waals surface area contributed by atoms with Crippen LogP contribution in [0, 0.1) is 11.3 Å². The van der Waals surface area contributed by atoms with Gasteiger partial charge in [0.15, 0.2) is 5.78 Å². The first-order valence-electron chi connectivity index (χ1n) is 6.36. The van der Waals surface area contributed by atoms with E-state index in [1.807, 2.05) is 36.4 Å². The summed E-state index contributed by atoms with van der Waals surface area (Å²) in [6.07, 6.45) is 0.174. The molecule has 100 valence electrons. The first-order chi connectivity index (χ1) is 9.74. The van der Waals surface area contributed by atoms with Gasteiger partial charge in [-0.3, -0.25) is 4.79 Å². The van der Waals surface area contributed by atoms with Crippen molar-refractivity contribution in [2.24, 2.45) is 0 Å². The molecule has 0 saturated heterocycles. The maximum Gasteiger partial charge on any atom is 0.164 e. The van der Waals surface area contributed by atoms with Gasteiger partial charge in [0.2, 0.25) is 0 Å². The zero-order chi connectivity index (χ0) is 14.4. The third kappa shape index (κ3) is 3.24. The Bertz CT molecular complexity index is 629. The van der Waals surface area contributed by atoms with Gasteiger partial charge in [0.25, 0.3) is 0 Å². The molecule has 0 aliphatic carbocycles. The summed E-state index contributed by atoms with van der Waals surface area (Å²) in [5.41, 5.74) is 1.44. The van der Waals surface area contributed by atoms with Gasteiger partial charge in [-0.25, -0.2) is 0 Å². The van der Waals surface area contributed by atoms with Crippen molar-refractivity contribution in [2.75, 3.05) is 7.11 Å². The van der Waals surface area contributed by atoms with Crippen molar-refractivity contribution in [3.63, 3.8) is 0 Å². The number of ether oxygens (including phenoxy) is 1. The summed E-state index contributed by atoms with van der Waals surface area (Å²) in [6.45, 7) is 0. The SMILES string of the molecule is COc1cccc(C(C#N)CC(=O)c2ccccc2)c1. The molecule has 0 bridgehead atoms. The van der Waals surface area contributed by atoms with Gasteiger partial charge >= 0.3 is 0 Å². The third-order valence-electron chi connectivity index (χ3n) is 3.14. The highest BCUT2D eigenvalue weighted by atomic mass is 16.5. The fourth-order valence-electron chi connectivity index (χ4n) is 2.02. The highest BCUT2D eigenvalue weighted by molar-refractivity contribution is 5.96. The number of hydrogen-bond donors (Lipinski definition) is 0. The number of carbonyl (C=O) groups is 1. The lowest BCUT2D eigenvalue weighted by Gasteiger charge is -2.10. The van der Waals surface area contributed by atoms with Crippen LogP contribution in [0.4, 0.5) is 0 Å². The molecule has 3 nitrogen and oxygen atoms in total. The summed E-state index contributed by atoms with van der Waals surface area (Å²) in [5.74, 6) is 0.202. The number of ketones is 1. The predicted molar refractivity (Wildman–Crippen MR) is 76.7 cm³/mol. The van der Waals surface area contributed by atoms with Crippen LogP contribution in [0.3, 0.4) is 0 Å². The standard InChI is InChI=1S/C17H15NO2/c1-20-16-9-5-8-14(10-16)15(12-18)11-17(19)13-6-3-2-4-7-13/h2-10,15H,11H2,1H3. The Morgan fingerprint density at radius 1 is 1.20 bits per heavy atom. The van der Waals surface area contributed by atoms with Gasteiger partial charge in [0.05, 0.1) is 19.1 Å². The summed E-state index contributed by atoms with van der Waals surface area (Å²) in [6, 6.07) is 18.5. The Balaban J connectivity index is 2.17. The van der Waals surface area contributed by atoms with E-state index in [9.17, 15) is 10.1 Å². The maximum atomic E-state index is 12.2. The van der Waals surface area contributed by atoms with Crippen LogP contribution in [0.1, 0.15) is 28.3 Å². The monoisotopic (exact) mass is 265 g/mol. The fraction of sp³-hybridized carbons (Fsp3) is 0.176. The van der Waals surface area contributed by atoms with Crippen molar-refractivity contribution in [3.8, 4) is 11.8 Å². The molecule has 0 spiro atoms. The Labute approximate surface area is 118 Å². The van der Waals surface area contributed by atoms with Gasteiger partial charge in [-0.1, -0.05) is 42.5 Å². The second-order valence-corrected chi connectivity index (χ2v) is 4.45. The molecule has 2 rings (SSSR count). The molecule has 3 heteroatoms. The molecule has 0 N–H and O–H groups in total. The minimum atomic E-state index is -0.460. The molecule has 1 unspecified atom stereocenters. The smallest absolute Gasteiger partial charge is 0.164 e. The van der Waals surface area contributed by atoms with Crippen molar-refractivity contribution < 1.29 is 9.53 Å². The van der Waals surface area contributed by atoms with Crippen molar-refractivity contribution >= 4 is 5.78 Å². The average Bonchev–Trinajstić information content (AvgIpc) is 2.53. The number of carbonyl (C=O) groups excluding carboxylic acids is 1. The van der Waals surface area contributed by atoms with E-state index >= 15 is 0 Å². The predicted octanol–water partition coefficient (Wildman–Crippen LogP) is 3.58. The molecule has 0 amide bonds. The maximum absolute atomic E-state index is 12.2. The summed E-state index contributed by atoms with van der Waals surface area (Å²) < 4.78 is 5.14. The van der Waals surface area contributed by atoms with Crippen molar-refractivity contribution in [1.82, 2.24) is 0 Å². The molecule has 0 fully saturated rings. The van der Waals surface area contributed by atoms with Gasteiger partial charge in [0, 0.05) is 12.0 Å². The molecule has 2 aromatic rings. The van der Waals surface area contributed by atoms with Crippen LogP contribution in [-0.2, 0) is 0 Å². The Morgan fingerprint density at radius 3 is 2.60 bits per heavy atom. The summed E-state index contributed by atoms with van der Waals surface area (Å²) in [7, 11) is 1.58. The molecule has 0 radical (unpaired) electrons. The Kier molecular flexibility index (Phi) is 4.52. The number of Topliss-reactive ketones (excluding diaryl/α,β-unsaturated/α-hetero) is 1. The summed E-state index contributed by atoms with van der Waals surface area (Å²) >= 11 is 0.